The maximum Gasteiger partial charge on any atom is 0.225 e. The summed E-state index contributed by atoms with van der Waals surface area (Å²) in [5, 5.41) is 7.85. The minimum absolute atomic E-state index is 0.0665. The fraction of sp³-hybridized carbons (Fsp3) is 0.524. The average molecular weight is 354 g/mol. The zero-order valence-electron chi connectivity index (χ0n) is 16.0. The average Bonchev–Trinajstić information content (AvgIpc) is 3.04. The largest absolute Gasteiger partial charge is 0.352 e. The van der Waals surface area contributed by atoms with E-state index in [9.17, 15) is 4.79 Å². The Morgan fingerprint density at radius 3 is 2.73 bits per heavy atom. The predicted molar refractivity (Wildman–Crippen MR) is 104 cm³/mol. The Labute approximate surface area is 156 Å². The van der Waals surface area contributed by atoms with E-state index in [2.05, 4.69) is 19.2 Å². The minimum Gasteiger partial charge on any atom is -0.352 e. The molecule has 1 saturated carbocycles. The molecule has 0 saturated heterocycles. The van der Waals surface area contributed by atoms with E-state index in [1.165, 1.54) is 0 Å². The minimum atomic E-state index is -0.405. The number of para-hydroxylation sites is 1. The summed E-state index contributed by atoms with van der Waals surface area (Å²) < 4.78 is 1.89. The smallest absolute Gasteiger partial charge is 0.225 e. The normalized spacial score (nSPS) is 23.2. The fourth-order valence-electron chi connectivity index (χ4n) is 3.85. The lowest BCUT2D eigenvalue weighted by Gasteiger charge is -2.37. The van der Waals surface area contributed by atoms with Gasteiger partial charge in [-0.15, -0.1) is 0 Å². The Morgan fingerprint density at radius 1 is 1.35 bits per heavy atom. The standard InChI is InChI=1S/C21H30N4O/c1-15(2)19-16(14-25(24-19)17-9-5-4-6-10-17)13-23-20(26)18-11-7-8-12-21(18,3)22/h4-6,9-10,14-15,18H,7-8,11-13,22H2,1-3H3,(H,23,26). The van der Waals surface area contributed by atoms with Crippen molar-refractivity contribution in [1.29, 1.82) is 0 Å². The highest BCUT2D eigenvalue weighted by atomic mass is 16.1. The van der Waals surface area contributed by atoms with Crippen LogP contribution in [-0.4, -0.2) is 21.2 Å². The molecule has 3 N–H and O–H groups in total. The molecule has 1 fully saturated rings. The van der Waals surface area contributed by atoms with Gasteiger partial charge in [-0.25, -0.2) is 4.68 Å². The summed E-state index contributed by atoms with van der Waals surface area (Å²) in [6.07, 6.45) is 5.99. The number of nitrogens with one attached hydrogen (secondary N) is 1. The van der Waals surface area contributed by atoms with Crippen molar-refractivity contribution in [3.05, 3.63) is 47.8 Å². The van der Waals surface area contributed by atoms with Gasteiger partial charge >= 0.3 is 0 Å². The van der Waals surface area contributed by atoms with Crippen LogP contribution in [0.2, 0.25) is 0 Å². The zero-order valence-corrected chi connectivity index (χ0v) is 16.0. The molecule has 26 heavy (non-hydrogen) atoms. The van der Waals surface area contributed by atoms with E-state index in [0.717, 1.165) is 42.6 Å². The van der Waals surface area contributed by atoms with Crippen LogP contribution in [-0.2, 0) is 11.3 Å². The van der Waals surface area contributed by atoms with Crippen molar-refractivity contribution in [2.24, 2.45) is 11.7 Å². The van der Waals surface area contributed by atoms with E-state index in [1.54, 1.807) is 0 Å². The van der Waals surface area contributed by atoms with E-state index in [4.69, 9.17) is 10.8 Å². The number of hydrogen-bond donors (Lipinski definition) is 2. The lowest BCUT2D eigenvalue weighted by Crippen LogP contribution is -2.52. The molecule has 3 rings (SSSR count). The molecule has 5 nitrogen and oxygen atoms in total. The van der Waals surface area contributed by atoms with Crippen LogP contribution < -0.4 is 11.1 Å². The Bertz CT molecular complexity index is 749. The quantitative estimate of drug-likeness (QED) is 0.863. The number of carbonyl (C=O) groups is 1. The number of carbonyl (C=O) groups excluding carboxylic acids is 1. The molecule has 0 spiro atoms. The molecule has 2 atom stereocenters. The number of benzene rings is 1. The molecule has 1 heterocycles. The molecular formula is C21H30N4O. The first-order valence-electron chi connectivity index (χ1n) is 9.59. The molecule has 2 unspecified atom stereocenters. The van der Waals surface area contributed by atoms with Crippen molar-refractivity contribution in [2.75, 3.05) is 0 Å². The molecule has 1 aliphatic rings. The number of amides is 1. The van der Waals surface area contributed by atoms with E-state index in [0.29, 0.717) is 12.5 Å². The first kappa shape index (κ1) is 18.6. The molecule has 0 radical (unpaired) electrons. The van der Waals surface area contributed by atoms with Gasteiger partial charge < -0.3 is 11.1 Å². The van der Waals surface area contributed by atoms with Gasteiger partial charge in [0.25, 0.3) is 0 Å². The maximum absolute atomic E-state index is 12.7. The summed E-state index contributed by atoms with van der Waals surface area (Å²) in [5.41, 5.74) is 9.07. The Morgan fingerprint density at radius 2 is 2.08 bits per heavy atom. The first-order valence-corrected chi connectivity index (χ1v) is 9.59. The van der Waals surface area contributed by atoms with Gasteiger partial charge in [0.05, 0.1) is 17.3 Å². The van der Waals surface area contributed by atoms with Gasteiger partial charge in [-0.1, -0.05) is 44.9 Å². The summed E-state index contributed by atoms with van der Waals surface area (Å²) >= 11 is 0. The summed E-state index contributed by atoms with van der Waals surface area (Å²) in [4.78, 5) is 12.7. The van der Waals surface area contributed by atoms with Crippen molar-refractivity contribution in [3.8, 4) is 5.69 Å². The maximum atomic E-state index is 12.7. The van der Waals surface area contributed by atoms with Gasteiger partial charge in [0.2, 0.25) is 5.91 Å². The van der Waals surface area contributed by atoms with Crippen LogP contribution in [0.3, 0.4) is 0 Å². The van der Waals surface area contributed by atoms with E-state index >= 15 is 0 Å². The molecule has 5 heteroatoms. The number of nitrogens with zero attached hydrogens (tertiary/aromatic N) is 2. The fourth-order valence-corrected chi connectivity index (χ4v) is 3.85. The number of hydrogen-bond acceptors (Lipinski definition) is 3. The van der Waals surface area contributed by atoms with Gasteiger partial charge in [0, 0.05) is 23.8 Å². The Balaban J connectivity index is 1.75. The van der Waals surface area contributed by atoms with Gasteiger partial charge in [0.15, 0.2) is 0 Å². The van der Waals surface area contributed by atoms with Crippen LogP contribution in [0.1, 0.15) is 63.6 Å². The third kappa shape index (κ3) is 3.98. The van der Waals surface area contributed by atoms with Gasteiger partial charge in [-0.3, -0.25) is 4.79 Å². The molecule has 1 aromatic heterocycles. The topological polar surface area (TPSA) is 72.9 Å². The lowest BCUT2D eigenvalue weighted by atomic mass is 9.74. The number of aromatic nitrogens is 2. The molecular weight excluding hydrogens is 324 g/mol. The monoisotopic (exact) mass is 354 g/mol. The molecule has 2 aromatic rings. The highest BCUT2D eigenvalue weighted by Gasteiger charge is 2.37. The molecule has 0 bridgehead atoms. The lowest BCUT2D eigenvalue weighted by molar-refractivity contribution is -0.128. The van der Waals surface area contributed by atoms with Gasteiger partial charge in [0.1, 0.15) is 0 Å². The van der Waals surface area contributed by atoms with Crippen LogP contribution in [0, 0.1) is 5.92 Å². The Kier molecular flexibility index (Phi) is 5.47. The highest BCUT2D eigenvalue weighted by molar-refractivity contribution is 5.80. The molecule has 1 aromatic carbocycles. The highest BCUT2D eigenvalue weighted by Crippen LogP contribution is 2.31. The summed E-state index contributed by atoms with van der Waals surface area (Å²) in [6.45, 7) is 6.75. The number of nitrogens with two attached hydrogens (primary N) is 1. The molecule has 1 amide bonds. The van der Waals surface area contributed by atoms with Gasteiger partial charge in [-0.05, 0) is 37.8 Å². The molecule has 140 valence electrons. The summed E-state index contributed by atoms with van der Waals surface area (Å²) in [5.74, 6) is 0.251. The summed E-state index contributed by atoms with van der Waals surface area (Å²) in [6, 6.07) is 10.0. The Hall–Kier alpha value is -2.14. The second kappa shape index (κ2) is 7.62. The zero-order chi connectivity index (χ0) is 18.7. The molecule has 1 aliphatic carbocycles. The molecule has 0 aliphatic heterocycles. The third-order valence-corrected chi connectivity index (χ3v) is 5.41. The van der Waals surface area contributed by atoms with Crippen molar-refractivity contribution in [2.45, 2.75) is 64.5 Å². The van der Waals surface area contributed by atoms with Crippen molar-refractivity contribution >= 4 is 5.91 Å². The first-order chi connectivity index (χ1) is 12.4. The second-order valence-corrected chi connectivity index (χ2v) is 8.00. The van der Waals surface area contributed by atoms with Gasteiger partial charge in [-0.2, -0.15) is 5.10 Å². The predicted octanol–water partition coefficient (Wildman–Crippen LogP) is 3.52. The van der Waals surface area contributed by atoms with Crippen molar-refractivity contribution in [1.82, 2.24) is 15.1 Å². The third-order valence-electron chi connectivity index (χ3n) is 5.41. The van der Waals surface area contributed by atoms with Crippen LogP contribution in [0.5, 0.6) is 0 Å². The van der Waals surface area contributed by atoms with Crippen molar-refractivity contribution in [3.63, 3.8) is 0 Å². The van der Waals surface area contributed by atoms with E-state index < -0.39 is 5.54 Å². The number of rotatable bonds is 5. The van der Waals surface area contributed by atoms with E-state index in [-0.39, 0.29) is 11.8 Å². The van der Waals surface area contributed by atoms with Crippen molar-refractivity contribution < 1.29 is 4.79 Å². The second-order valence-electron chi connectivity index (χ2n) is 8.00. The summed E-state index contributed by atoms with van der Waals surface area (Å²) in [7, 11) is 0. The van der Waals surface area contributed by atoms with E-state index in [1.807, 2.05) is 48.1 Å². The SMILES string of the molecule is CC(C)c1nn(-c2ccccc2)cc1CNC(=O)C1CCCCC1(C)N. The van der Waals surface area contributed by atoms with Crippen LogP contribution in [0.25, 0.3) is 5.69 Å². The van der Waals surface area contributed by atoms with Crippen LogP contribution in [0.4, 0.5) is 0 Å². The van der Waals surface area contributed by atoms with Crippen LogP contribution >= 0.6 is 0 Å². The van der Waals surface area contributed by atoms with Crippen LogP contribution in [0.15, 0.2) is 36.5 Å².